The molecule has 21 heavy (non-hydrogen) atoms. The highest BCUT2D eigenvalue weighted by Crippen LogP contribution is 2.19. The van der Waals surface area contributed by atoms with Crippen LogP contribution in [0.5, 0.6) is 0 Å². The third-order valence-corrected chi connectivity index (χ3v) is 3.70. The van der Waals surface area contributed by atoms with Crippen molar-refractivity contribution >= 4 is 23.2 Å². The van der Waals surface area contributed by atoms with Crippen LogP contribution in [0.25, 0.3) is 0 Å². The zero-order valence-corrected chi connectivity index (χ0v) is 12.8. The molecule has 0 atom stereocenters. The minimum Gasteiger partial charge on any atom is -0.337 e. The maximum Gasteiger partial charge on any atom is 0.254 e. The van der Waals surface area contributed by atoms with Gasteiger partial charge in [-0.2, -0.15) is 0 Å². The lowest BCUT2D eigenvalue weighted by atomic mass is 10.1. The maximum absolute atomic E-state index is 12.5. The van der Waals surface area contributed by atoms with E-state index in [0.29, 0.717) is 17.1 Å². The van der Waals surface area contributed by atoms with E-state index in [9.17, 15) is 4.79 Å². The van der Waals surface area contributed by atoms with Crippen molar-refractivity contribution in [3.63, 3.8) is 0 Å². The van der Waals surface area contributed by atoms with Crippen LogP contribution < -0.4 is 11.3 Å². The number of carbonyl (C=O) groups excluding carboxylic acids is 1. The molecule has 0 bridgehead atoms. The number of hydrazine groups is 1. The molecule has 0 saturated carbocycles. The van der Waals surface area contributed by atoms with Crippen LogP contribution in [-0.2, 0) is 6.54 Å². The molecule has 4 nitrogen and oxygen atoms in total. The lowest BCUT2D eigenvalue weighted by Crippen LogP contribution is -2.27. The Morgan fingerprint density at radius 3 is 2.62 bits per heavy atom. The molecular formula is C16H18ClN3O. The van der Waals surface area contributed by atoms with Gasteiger partial charge in [-0.3, -0.25) is 10.6 Å². The summed E-state index contributed by atoms with van der Waals surface area (Å²) >= 11 is 6.13. The van der Waals surface area contributed by atoms with Gasteiger partial charge in [0.15, 0.2) is 0 Å². The number of halogens is 1. The number of nitrogens with zero attached hydrogens (tertiary/aromatic N) is 1. The molecule has 0 fully saturated rings. The standard InChI is InChI=1S/C16H18ClN3O/c1-11-9-13(19-18)7-8-14(11)16(21)20(2)10-12-5-3-4-6-15(12)17/h3-9,19H,10,18H2,1-2H3. The molecule has 110 valence electrons. The molecule has 0 aromatic heterocycles. The lowest BCUT2D eigenvalue weighted by molar-refractivity contribution is 0.0784. The number of benzene rings is 2. The van der Waals surface area contributed by atoms with Crippen LogP contribution in [0.4, 0.5) is 5.69 Å². The van der Waals surface area contributed by atoms with Crippen molar-refractivity contribution in [1.29, 1.82) is 0 Å². The molecular weight excluding hydrogens is 286 g/mol. The SMILES string of the molecule is Cc1cc(NN)ccc1C(=O)N(C)Cc1ccccc1Cl. The summed E-state index contributed by atoms with van der Waals surface area (Å²) in [4.78, 5) is 14.2. The Labute approximate surface area is 129 Å². The molecule has 2 aromatic carbocycles. The number of aryl methyl sites for hydroxylation is 1. The Kier molecular flexibility index (Phi) is 4.83. The summed E-state index contributed by atoms with van der Waals surface area (Å²) in [6.45, 7) is 2.35. The normalized spacial score (nSPS) is 10.3. The molecule has 2 aromatic rings. The molecule has 0 heterocycles. The van der Waals surface area contributed by atoms with E-state index >= 15 is 0 Å². The first-order valence-electron chi connectivity index (χ1n) is 6.59. The van der Waals surface area contributed by atoms with Crippen molar-refractivity contribution in [3.8, 4) is 0 Å². The number of carbonyl (C=O) groups is 1. The highest BCUT2D eigenvalue weighted by Gasteiger charge is 2.15. The van der Waals surface area contributed by atoms with Gasteiger partial charge in [0.25, 0.3) is 5.91 Å². The highest BCUT2D eigenvalue weighted by atomic mass is 35.5. The zero-order valence-electron chi connectivity index (χ0n) is 12.1. The van der Waals surface area contributed by atoms with Gasteiger partial charge in [0, 0.05) is 29.9 Å². The molecule has 0 aliphatic carbocycles. The monoisotopic (exact) mass is 303 g/mol. The van der Waals surface area contributed by atoms with E-state index in [0.717, 1.165) is 16.8 Å². The van der Waals surface area contributed by atoms with E-state index in [4.69, 9.17) is 17.4 Å². The van der Waals surface area contributed by atoms with Crippen LogP contribution in [0.3, 0.4) is 0 Å². The van der Waals surface area contributed by atoms with Crippen molar-refractivity contribution < 1.29 is 4.79 Å². The number of rotatable bonds is 4. The minimum atomic E-state index is -0.0454. The smallest absolute Gasteiger partial charge is 0.254 e. The quantitative estimate of drug-likeness (QED) is 0.673. The summed E-state index contributed by atoms with van der Waals surface area (Å²) in [5.74, 6) is 5.32. The summed E-state index contributed by atoms with van der Waals surface area (Å²) < 4.78 is 0. The molecule has 0 unspecified atom stereocenters. The van der Waals surface area contributed by atoms with Crippen LogP contribution >= 0.6 is 11.6 Å². The Bertz CT molecular complexity index is 658. The van der Waals surface area contributed by atoms with Crippen molar-refractivity contribution in [2.75, 3.05) is 12.5 Å². The average molecular weight is 304 g/mol. The summed E-state index contributed by atoms with van der Waals surface area (Å²) in [6.07, 6.45) is 0. The van der Waals surface area contributed by atoms with Crippen LogP contribution in [0.1, 0.15) is 21.5 Å². The minimum absolute atomic E-state index is 0.0454. The van der Waals surface area contributed by atoms with E-state index in [2.05, 4.69) is 5.43 Å². The summed E-state index contributed by atoms with van der Waals surface area (Å²) in [5, 5.41) is 0.663. The van der Waals surface area contributed by atoms with E-state index in [-0.39, 0.29) is 5.91 Å². The Morgan fingerprint density at radius 1 is 1.29 bits per heavy atom. The number of nitrogen functional groups attached to an aromatic ring is 1. The molecule has 2 rings (SSSR count). The van der Waals surface area contributed by atoms with Crippen LogP contribution in [-0.4, -0.2) is 17.9 Å². The molecule has 0 radical (unpaired) electrons. The van der Waals surface area contributed by atoms with Crippen molar-refractivity contribution in [1.82, 2.24) is 4.90 Å². The molecule has 0 spiro atoms. The van der Waals surface area contributed by atoms with Crippen LogP contribution in [0, 0.1) is 6.92 Å². The second-order valence-electron chi connectivity index (χ2n) is 4.93. The molecule has 0 aliphatic heterocycles. The molecule has 1 amide bonds. The van der Waals surface area contributed by atoms with Crippen molar-refractivity contribution in [2.45, 2.75) is 13.5 Å². The van der Waals surface area contributed by atoms with Crippen molar-refractivity contribution in [3.05, 3.63) is 64.2 Å². The third kappa shape index (κ3) is 3.54. The predicted molar refractivity (Wildman–Crippen MR) is 86.2 cm³/mol. The fraction of sp³-hybridized carbons (Fsp3) is 0.188. The van der Waals surface area contributed by atoms with Crippen LogP contribution in [0.2, 0.25) is 5.02 Å². The van der Waals surface area contributed by atoms with E-state index in [1.54, 1.807) is 24.1 Å². The first kappa shape index (κ1) is 15.4. The largest absolute Gasteiger partial charge is 0.337 e. The molecule has 5 heteroatoms. The van der Waals surface area contributed by atoms with E-state index in [1.807, 2.05) is 37.3 Å². The fourth-order valence-electron chi connectivity index (χ4n) is 2.15. The topological polar surface area (TPSA) is 58.4 Å². The van der Waals surface area contributed by atoms with Gasteiger partial charge in [-0.15, -0.1) is 0 Å². The summed E-state index contributed by atoms with van der Waals surface area (Å²) in [7, 11) is 1.76. The number of nitrogens with two attached hydrogens (primary N) is 1. The van der Waals surface area contributed by atoms with Gasteiger partial charge in [0.1, 0.15) is 0 Å². The molecule has 3 N–H and O–H groups in total. The number of anilines is 1. The van der Waals surface area contributed by atoms with E-state index < -0.39 is 0 Å². The third-order valence-electron chi connectivity index (χ3n) is 3.34. The number of hydrogen-bond donors (Lipinski definition) is 2. The van der Waals surface area contributed by atoms with Crippen LogP contribution in [0.15, 0.2) is 42.5 Å². The zero-order chi connectivity index (χ0) is 15.4. The van der Waals surface area contributed by atoms with Gasteiger partial charge in [0.05, 0.1) is 0 Å². The summed E-state index contributed by atoms with van der Waals surface area (Å²) in [6, 6.07) is 12.9. The first-order chi connectivity index (χ1) is 10.0. The Balaban J connectivity index is 2.18. The average Bonchev–Trinajstić information content (AvgIpc) is 2.48. The van der Waals surface area contributed by atoms with Crippen molar-refractivity contribution in [2.24, 2.45) is 5.84 Å². The predicted octanol–water partition coefficient (Wildman–Crippen LogP) is 3.21. The second kappa shape index (κ2) is 6.61. The van der Waals surface area contributed by atoms with Gasteiger partial charge >= 0.3 is 0 Å². The van der Waals surface area contributed by atoms with Gasteiger partial charge in [0.2, 0.25) is 0 Å². The first-order valence-corrected chi connectivity index (χ1v) is 6.97. The van der Waals surface area contributed by atoms with Gasteiger partial charge in [-0.05, 0) is 42.3 Å². The Hall–Kier alpha value is -2.04. The Morgan fingerprint density at radius 2 is 2.00 bits per heavy atom. The highest BCUT2D eigenvalue weighted by molar-refractivity contribution is 6.31. The van der Waals surface area contributed by atoms with Gasteiger partial charge in [-0.1, -0.05) is 29.8 Å². The molecule has 0 saturated heterocycles. The number of nitrogens with one attached hydrogen (secondary N) is 1. The molecule has 0 aliphatic rings. The van der Waals surface area contributed by atoms with Gasteiger partial charge < -0.3 is 10.3 Å². The maximum atomic E-state index is 12.5. The summed E-state index contributed by atoms with van der Waals surface area (Å²) in [5.41, 5.74) is 5.80. The van der Waals surface area contributed by atoms with Gasteiger partial charge in [-0.25, -0.2) is 0 Å². The number of hydrogen-bond acceptors (Lipinski definition) is 3. The lowest BCUT2D eigenvalue weighted by Gasteiger charge is -2.19. The number of amides is 1. The van der Waals surface area contributed by atoms with E-state index in [1.165, 1.54) is 0 Å². The second-order valence-corrected chi connectivity index (χ2v) is 5.33. The fourth-order valence-corrected chi connectivity index (χ4v) is 2.35.